The standard InChI is InChI=1S/C19H28N2O3.ClH/c1-23-17-6-7-18(24-2)15(11-17)13-21(16-4-5-16)19(22)8-3-14-9-10-20-12-14;/h6-7,11,14,16,20H,3-5,8-10,12-13H2,1-2H3;1H. The molecule has 1 aromatic rings. The Labute approximate surface area is 156 Å². The van der Waals surface area contributed by atoms with Crippen molar-refractivity contribution in [1.82, 2.24) is 10.2 Å². The average Bonchev–Trinajstić information content (AvgIpc) is 3.32. The van der Waals surface area contributed by atoms with E-state index >= 15 is 0 Å². The first-order valence-electron chi connectivity index (χ1n) is 8.92. The second kappa shape index (κ2) is 9.30. The highest BCUT2D eigenvalue weighted by atomic mass is 35.5. The lowest BCUT2D eigenvalue weighted by Crippen LogP contribution is -2.33. The predicted molar refractivity (Wildman–Crippen MR) is 101 cm³/mol. The minimum absolute atomic E-state index is 0. The van der Waals surface area contributed by atoms with Crippen molar-refractivity contribution in [3.8, 4) is 11.5 Å². The Balaban J connectivity index is 0.00000225. The lowest BCUT2D eigenvalue weighted by molar-refractivity contribution is -0.132. The number of hydrogen-bond acceptors (Lipinski definition) is 4. The summed E-state index contributed by atoms with van der Waals surface area (Å²) in [6, 6.07) is 6.17. The number of nitrogens with one attached hydrogen (secondary N) is 1. The third-order valence-corrected chi connectivity index (χ3v) is 5.07. The van der Waals surface area contributed by atoms with Crippen LogP contribution in [-0.2, 0) is 11.3 Å². The highest BCUT2D eigenvalue weighted by Gasteiger charge is 2.33. The molecule has 1 heterocycles. The summed E-state index contributed by atoms with van der Waals surface area (Å²) in [6.45, 7) is 2.75. The number of rotatable bonds is 8. The summed E-state index contributed by atoms with van der Waals surface area (Å²) in [5.74, 6) is 2.54. The van der Waals surface area contributed by atoms with Gasteiger partial charge in [0.25, 0.3) is 0 Å². The predicted octanol–water partition coefficient (Wildman–Crippen LogP) is 3.01. The lowest BCUT2D eigenvalue weighted by atomic mass is 10.0. The van der Waals surface area contributed by atoms with Crippen molar-refractivity contribution in [3.05, 3.63) is 23.8 Å². The lowest BCUT2D eigenvalue weighted by Gasteiger charge is -2.24. The second-order valence-corrected chi connectivity index (χ2v) is 6.83. The molecule has 0 bridgehead atoms. The fourth-order valence-electron chi connectivity index (χ4n) is 3.43. The van der Waals surface area contributed by atoms with E-state index in [0.29, 0.717) is 24.9 Å². The summed E-state index contributed by atoms with van der Waals surface area (Å²) in [7, 11) is 3.33. The normalized spacial score (nSPS) is 19.2. The summed E-state index contributed by atoms with van der Waals surface area (Å²) in [5.41, 5.74) is 1.01. The molecule has 6 heteroatoms. The van der Waals surface area contributed by atoms with E-state index in [-0.39, 0.29) is 18.3 Å². The number of ether oxygens (including phenoxy) is 2. The monoisotopic (exact) mass is 368 g/mol. The van der Waals surface area contributed by atoms with Crippen LogP contribution in [-0.4, -0.2) is 44.2 Å². The molecule has 3 rings (SSSR count). The molecule has 1 unspecified atom stereocenters. The van der Waals surface area contributed by atoms with Gasteiger partial charge in [-0.3, -0.25) is 4.79 Å². The van der Waals surface area contributed by atoms with E-state index in [2.05, 4.69) is 5.32 Å². The van der Waals surface area contributed by atoms with Crippen LogP contribution in [0.4, 0.5) is 0 Å². The van der Waals surface area contributed by atoms with Crippen molar-refractivity contribution < 1.29 is 14.3 Å². The van der Waals surface area contributed by atoms with E-state index in [1.165, 1.54) is 6.42 Å². The van der Waals surface area contributed by atoms with Crippen LogP contribution in [0, 0.1) is 5.92 Å². The van der Waals surface area contributed by atoms with Gasteiger partial charge < -0.3 is 19.7 Å². The topological polar surface area (TPSA) is 50.8 Å². The van der Waals surface area contributed by atoms with Gasteiger partial charge in [0.05, 0.1) is 14.2 Å². The Morgan fingerprint density at radius 1 is 1.24 bits per heavy atom. The van der Waals surface area contributed by atoms with E-state index in [0.717, 1.165) is 49.4 Å². The summed E-state index contributed by atoms with van der Waals surface area (Å²) in [5, 5.41) is 3.37. The molecule has 2 aliphatic rings. The van der Waals surface area contributed by atoms with Gasteiger partial charge in [-0.15, -0.1) is 12.4 Å². The minimum atomic E-state index is 0. The van der Waals surface area contributed by atoms with Crippen molar-refractivity contribution in [3.63, 3.8) is 0 Å². The zero-order valence-electron chi connectivity index (χ0n) is 15.1. The van der Waals surface area contributed by atoms with Crippen molar-refractivity contribution in [2.24, 2.45) is 5.92 Å². The van der Waals surface area contributed by atoms with E-state index in [4.69, 9.17) is 9.47 Å². The van der Waals surface area contributed by atoms with Crippen molar-refractivity contribution in [2.75, 3.05) is 27.3 Å². The van der Waals surface area contributed by atoms with Gasteiger partial charge in [-0.2, -0.15) is 0 Å². The van der Waals surface area contributed by atoms with Gasteiger partial charge in [0.15, 0.2) is 0 Å². The minimum Gasteiger partial charge on any atom is -0.497 e. The number of hydrogen-bond donors (Lipinski definition) is 1. The molecule has 1 aromatic carbocycles. The van der Waals surface area contributed by atoms with Gasteiger partial charge in [-0.1, -0.05) is 0 Å². The molecule has 1 aliphatic heterocycles. The maximum Gasteiger partial charge on any atom is 0.223 e. The first kappa shape index (κ1) is 19.9. The Kier molecular flexibility index (Phi) is 7.38. The van der Waals surface area contributed by atoms with E-state index in [1.807, 2.05) is 23.1 Å². The van der Waals surface area contributed by atoms with Crippen LogP contribution in [0.3, 0.4) is 0 Å². The van der Waals surface area contributed by atoms with Gasteiger partial charge in [0, 0.05) is 24.6 Å². The molecule has 1 aliphatic carbocycles. The highest BCUT2D eigenvalue weighted by molar-refractivity contribution is 5.85. The Hall–Kier alpha value is -1.46. The number of amides is 1. The summed E-state index contributed by atoms with van der Waals surface area (Å²) in [6.07, 6.45) is 5.06. The number of carbonyl (C=O) groups excluding carboxylic acids is 1. The molecule has 1 saturated heterocycles. The largest absolute Gasteiger partial charge is 0.497 e. The molecule has 5 nitrogen and oxygen atoms in total. The first-order chi connectivity index (χ1) is 11.7. The van der Waals surface area contributed by atoms with Gasteiger partial charge >= 0.3 is 0 Å². The maximum absolute atomic E-state index is 12.8. The van der Waals surface area contributed by atoms with Crippen LogP contribution in [0.15, 0.2) is 18.2 Å². The number of methoxy groups -OCH3 is 2. The van der Waals surface area contributed by atoms with E-state index < -0.39 is 0 Å². The van der Waals surface area contributed by atoms with Crippen LogP contribution in [0.2, 0.25) is 0 Å². The molecule has 1 amide bonds. The summed E-state index contributed by atoms with van der Waals surface area (Å²) >= 11 is 0. The molecular formula is C19H29ClN2O3. The zero-order valence-corrected chi connectivity index (χ0v) is 15.9. The molecule has 1 N–H and O–H groups in total. The van der Waals surface area contributed by atoms with Crippen LogP contribution >= 0.6 is 12.4 Å². The zero-order chi connectivity index (χ0) is 16.9. The van der Waals surface area contributed by atoms with Crippen LogP contribution < -0.4 is 14.8 Å². The van der Waals surface area contributed by atoms with Crippen LogP contribution in [0.5, 0.6) is 11.5 Å². The SMILES string of the molecule is COc1ccc(OC)c(CN(C(=O)CCC2CCNC2)C2CC2)c1.Cl. The van der Waals surface area contributed by atoms with Crippen LogP contribution in [0.1, 0.15) is 37.7 Å². The van der Waals surface area contributed by atoms with Crippen molar-refractivity contribution in [2.45, 2.75) is 44.7 Å². The molecule has 1 atom stereocenters. The number of carbonyl (C=O) groups is 1. The highest BCUT2D eigenvalue weighted by Crippen LogP contribution is 2.33. The molecule has 1 saturated carbocycles. The Bertz CT molecular complexity index is 572. The molecule has 0 radical (unpaired) electrons. The summed E-state index contributed by atoms with van der Waals surface area (Å²) in [4.78, 5) is 14.8. The number of benzene rings is 1. The van der Waals surface area contributed by atoms with Crippen molar-refractivity contribution in [1.29, 1.82) is 0 Å². The fourth-order valence-corrected chi connectivity index (χ4v) is 3.43. The molecular weight excluding hydrogens is 340 g/mol. The third kappa shape index (κ3) is 5.25. The van der Waals surface area contributed by atoms with Crippen LogP contribution in [0.25, 0.3) is 0 Å². The van der Waals surface area contributed by atoms with Gasteiger partial charge in [0.1, 0.15) is 11.5 Å². The van der Waals surface area contributed by atoms with Gasteiger partial charge in [0.2, 0.25) is 5.91 Å². The molecule has 140 valence electrons. The third-order valence-electron chi connectivity index (χ3n) is 5.07. The fraction of sp³-hybridized carbons (Fsp3) is 0.632. The Morgan fingerprint density at radius 2 is 2.04 bits per heavy atom. The summed E-state index contributed by atoms with van der Waals surface area (Å²) < 4.78 is 10.8. The first-order valence-corrected chi connectivity index (χ1v) is 8.92. The van der Waals surface area contributed by atoms with Gasteiger partial charge in [-0.25, -0.2) is 0 Å². The van der Waals surface area contributed by atoms with E-state index in [9.17, 15) is 4.79 Å². The number of halogens is 1. The molecule has 0 spiro atoms. The molecule has 0 aromatic heterocycles. The molecule has 2 fully saturated rings. The molecule has 25 heavy (non-hydrogen) atoms. The van der Waals surface area contributed by atoms with Gasteiger partial charge in [-0.05, 0) is 62.9 Å². The smallest absolute Gasteiger partial charge is 0.223 e. The van der Waals surface area contributed by atoms with E-state index in [1.54, 1.807) is 14.2 Å². The maximum atomic E-state index is 12.8. The Morgan fingerprint density at radius 3 is 2.64 bits per heavy atom. The van der Waals surface area contributed by atoms with Crippen molar-refractivity contribution >= 4 is 18.3 Å². The second-order valence-electron chi connectivity index (χ2n) is 6.83. The average molecular weight is 369 g/mol. The quantitative estimate of drug-likeness (QED) is 0.766. The number of nitrogens with zero attached hydrogens (tertiary/aromatic N) is 1.